The van der Waals surface area contributed by atoms with E-state index in [0.29, 0.717) is 24.2 Å². The van der Waals surface area contributed by atoms with Gasteiger partial charge in [-0.2, -0.15) is 0 Å². The van der Waals surface area contributed by atoms with Crippen molar-refractivity contribution in [1.29, 1.82) is 0 Å². The van der Waals surface area contributed by atoms with Crippen molar-refractivity contribution in [3.8, 4) is 0 Å². The maximum Gasteiger partial charge on any atom is 0.317 e. The molecule has 1 aromatic heterocycles. The minimum Gasteiger partial charge on any atom is -0.452 e. The predicted octanol–water partition coefficient (Wildman–Crippen LogP) is 2.36. The summed E-state index contributed by atoms with van der Waals surface area (Å²) in [6.07, 6.45) is 1.45. The topological polar surface area (TPSA) is 86.1 Å². The SMILES string of the molecule is CCNC(=O)[C@H](C)OC(=O)CSc1nnc(C2CC2)n1Cc1ccccc1. The third-order valence-electron chi connectivity index (χ3n) is 4.22. The Balaban J connectivity index is 1.63. The second-order valence-electron chi connectivity index (χ2n) is 6.50. The predicted molar refractivity (Wildman–Crippen MR) is 103 cm³/mol. The van der Waals surface area contributed by atoms with Crippen LogP contribution >= 0.6 is 11.8 Å². The molecule has 1 heterocycles. The van der Waals surface area contributed by atoms with Crippen LogP contribution in [-0.4, -0.2) is 45.0 Å². The number of ether oxygens (including phenoxy) is 1. The monoisotopic (exact) mass is 388 g/mol. The lowest BCUT2D eigenvalue weighted by molar-refractivity contribution is -0.152. The van der Waals surface area contributed by atoms with Gasteiger partial charge in [0.15, 0.2) is 11.3 Å². The Morgan fingerprint density at radius 1 is 1.30 bits per heavy atom. The van der Waals surface area contributed by atoms with Gasteiger partial charge in [0.2, 0.25) is 0 Å². The average Bonchev–Trinajstić information content (AvgIpc) is 3.43. The van der Waals surface area contributed by atoms with Gasteiger partial charge in [-0.3, -0.25) is 9.59 Å². The number of hydrogen-bond acceptors (Lipinski definition) is 6. The molecule has 0 bridgehead atoms. The molecular formula is C19H24N4O3S. The number of carbonyl (C=O) groups excluding carboxylic acids is 2. The molecule has 0 spiro atoms. The molecule has 1 aliphatic carbocycles. The molecule has 144 valence electrons. The molecule has 3 rings (SSSR count). The van der Waals surface area contributed by atoms with E-state index in [2.05, 4.69) is 32.2 Å². The molecule has 1 amide bonds. The number of likely N-dealkylation sites (N-methyl/N-ethyl adjacent to an activating group) is 1. The number of aromatic nitrogens is 3. The Kier molecular flexibility index (Phi) is 6.49. The minimum absolute atomic E-state index is 0.0847. The normalized spacial score (nSPS) is 14.6. The van der Waals surface area contributed by atoms with E-state index in [4.69, 9.17) is 4.74 Å². The molecule has 1 atom stereocenters. The Labute approximate surface area is 162 Å². The van der Waals surface area contributed by atoms with Gasteiger partial charge in [0.1, 0.15) is 5.82 Å². The van der Waals surface area contributed by atoms with Crippen LogP contribution in [-0.2, 0) is 20.9 Å². The zero-order valence-corrected chi connectivity index (χ0v) is 16.4. The Hall–Kier alpha value is -2.35. The van der Waals surface area contributed by atoms with Crippen LogP contribution in [0.4, 0.5) is 0 Å². The number of nitrogens with one attached hydrogen (secondary N) is 1. The summed E-state index contributed by atoms with van der Waals surface area (Å²) in [5.74, 6) is 0.784. The summed E-state index contributed by atoms with van der Waals surface area (Å²) >= 11 is 1.29. The number of carbonyl (C=O) groups is 2. The second-order valence-corrected chi connectivity index (χ2v) is 7.44. The number of rotatable bonds is 9. The lowest BCUT2D eigenvalue weighted by Gasteiger charge is -2.13. The van der Waals surface area contributed by atoms with Gasteiger partial charge < -0.3 is 14.6 Å². The molecule has 7 nitrogen and oxygen atoms in total. The molecule has 0 radical (unpaired) electrons. The van der Waals surface area contributed by atoms with E-state index in [1.54, 1.807) is 6.92 Å². The van der Waals surface area contributed by atoms with Gasteiger partial charge in [0, 0.05) is 12.5 Å². The summed E-state index contributed by atoms with van der Waals surface area (Å²) in [5.41, 5.74) is 1.16. The highest BCUT2D eigenvalue weighted by atomic mass is 32.2. The largest absolute Gasteiger partial charge is 0.452 e. The van der Waals surface area contributed by atoms with Crippen LogP contribution in [0, 0.1) is 0 Å². The van der Waals surface area contributed by atoms with E-state index in [1.807, 2.05) is 25.1 Å². The minimum atomic E-state index is -0.803. The van der Waals surface area contributed by atoms with Crippen molar-refractivity contribution in [2.24, 2.45) is 0 Å². The van der Waals surface area contributed by atoms with Crippen LogP contribution in [0.15, 0.2) is 35.5 Å². The van der Waals surface area contributed by atoms with Crippen molar-refractivity contribution in [2.45, 2.75) is 50.4 Å². The van der Waals surface area contributed by atoms with Crippen LogP contribution in [0.3, 0.4) is 0 Å². The Bertz CT molecular complexity index is 790. The van der Waals surface area contributed by atoms with Crippen LogP contribution in [0.5, 0.6) is 0 Å². The summed E-state index contributed by atoms with van der Waals surface area (Å²) in [4.78, 5) is 23.8. The highest BCUT2D eigenvalue weighted by molar-refractivity contribution is 7.99. The fourth-order valence-corrected chi connectivity index (χ4v) is 3.42. The van der Waals surface area contributed by atoms with Gasteiger partial charge >= 0.3 is 5.97 Å². The lowest BCUT2D eigenvalue weighted by Crippen LogP contribution is -2.35. The quantitative estimate of drug-likeness (QED) is 0.524. The van der Waals surface area contributed by atoms with Crippen molar-refractivity contribution in [1.82, 2.24) is 20.1 Å². The van der Waals surface area contributed by atoms with Gasteiger partial charge in [-0.1, -0.05) is 42.1 Å². The van der Waals surface area contributed by atoms with Gasteiger partial charge in [0.25, 0.3) is 5.91 Å². The van der Waals surface area contributed by atoms with Crippen molar-refractivity contribution >= 4 is 23.6 Å². The number of amides is 1. The first kappa shape index (κ1) is 19.4. The molecule has 2 aromatic rings. The standard InChI is InChI=1S/C19H24N4O3S/c1-3-20-18(25)13(2)26-16(24)12-27-19-22-21-17(15-9-10-15)23(19)11-14-7-5-4-6-8-14/h4-8,13,15H,3,9-12H2,1-2H3,(H,20,25)/t13-/m0/s1. The summed E-state index contributed by atoms with van der Waals surface area (Å²) in [5, 5.41) is 12.0. The first-order valence-corrected chi connectivity index (χ1v) is 10.1. The van der Waals surface area contributed by atoms with E-state index in [1.165, 1.54) is 11.8 Å². The fourth-order valence-electron chi connectivity index (χ4n) is 2.69. The van der Waals surface area contributed by atoms with E-state index >= 15 is 0 Å². The van der Waals surface area contributed by atoms with Crippen molar-refractivity contribution in [3.63, 3.8) is 0 Å². The molecule has 1 N–H and O–H groups in total. The molecule has 1 fully saturated rings. The molecule has 0 unspecified atom stereocenters. The third-order valence-corrected chi connectivity index (χ3v) is 5.16. The number of esters is 1. The Morgan fingerprint density at radius 2 is 2.04 bits per heavy atom. The summed E-state index contributed by atoms with van der Waals surface area (Å²) in [6.45, 7) is 4.56. The number of nitrogens with zero attached hydrogens (tertiary/aromatic N) is 3. The van der Waals surface area contributed by atoms with Crippen molar-refractivity contribution < 1.29 is 14.3 Å². The number of hydrogen-bond donors (Lipinski definition) is 1. The lowest BCUT2D eigenvalue weighted by atomic mass is 10.2. The average molecular weight is 388 g/mol. The van der Waals surface area contributed by atoms with E-state index in [0.717, 1.165) is 24.2 Å². The number of thioether (sulfide) groups is 1. The second kappa shape index (κ2) is 9.03. The highest BCUT2D eigenvalue weighted by Crippen LogP contribution is 2.40. The highest BCUT2D eigenvalue weighted by Gasteiger charge is 2.30. The summed E-state index contributed by atoms with van der Waals surface area (Å²) in [7, 11) is 0. The maximum absolute atomic E-state index is 12.1. The first-order valence-electron chi connectivity index (χ1n) is 9.15. The molecule has 27 heavy (non-hydrogen) atoms. The first-order chi connectivity index (χ1) is 13.1. The van der Waals surface area contributed by atoms with Crippen molar-refractivity contribution in [2.75, 3.05) is 12.3 Å². The number of benzene rings is 1. The van der Waals surface area contributed by atoms with E-state index < -0.39 is 12.1 Å². The van der Waals surface area contributed by atoms with Crippen molar-refractivity contribution in [3.05, 3.63) is 41.7 Å². The molecular weight excluding hydrogens is 364 g/mol. The third kappa shape index (κ3) is 5.32. The molecule has 1 aromatic carbocycles. The zero-order chi connectivity index (χ0) is 19.2. The van der Waals surface area contributed by atoms with Gasteiger partial charge in [0.05, 0.1) is 12.3 Å². The molecule has 0 aliphatic heterocycles. The van der Waals surface area contributed by atoms with Crippen LogP contribution < -0.4 is 5.32 Å². The summed E-state index contributed by atoms with van der Waals surface area (Å²) < 4.78 is 7.26. The molecule has 8 heteroatoms. The fraction of sp³-hybridized carbons (Fsp3) is 0.474. The van der Waals surface area contributed by atoms with E-state index in [9.17, 15) is 9.59 Å². The van der Waals surface area contributed by atoms with Gasteiger partial charge in [-0.15, -0.1) is 10.2 Å². The van der Waals surface area contributed by atoms with Gasteiger partial charge in [-0.05, 0) is 32.3 Å². The smallest absolute Gasteiger partial charge is 0.317 e. The summed E-state index contributed by atoms with van der Waals surface area (Å²) in [6, 6.07) is 10.1. The maximum atomic E-state index is 12.1. The molecule has 1 saturated carbocycles. The zero-order valence-electron chi connectivity index (χ0n) is 15.6. The van der Waals surface area contributed by atoms with Crippen LogP contribution in [0.1, 0.15) is 44.0 Å². The van der Waals surface area contributed by atoms with Gasteiger partial charge in [-0.25, -0.2) is 0 Å². The van der Waals surface area contributed by atoms with E-state index in [-0.39, 0.29) is 11.7 Å². The molecule has 1 aliphatic rings. The van der Waals surface area contributed by atoms with Crippen LogP contribution in [0.2, 0.25) is 0 Å². The van der Waals surface area contributed by atoms with Crippen LogP contribution in [0.25, 0.3) is 0 Å². The Morgan fingerprint density at radius 3 is 2.70 bits per heavy atom. The molecule has 0 saturated heterocycles.